The van der Waals surface area contributed by atoms with E-state index in [-0.39, 0.29) is 0 Å². The first-order valence-corrected chi connectivity index (χ1v) is 9.13. The molecule has 1 N–H and O–H groups in total. The normalized spacial score (nSPS) is 15.7. The monoisotopic (exact) mass is 369 g/mol. The van der Waals surface area contributed by atoms with Crippen molar-refractivity contribution in [3.8, 4) is 0 Å². The van der Waals surface area contributed by atoms with Crippen LogP contribution in [-0.4, -0.2) is 36.6 Å². The van der Waals surface area contributed by atoms with E-state index in [1.54, 1.807) is 7.11 Å². The Morgan fingerprint density at radius 2 is 2.12 bits per heavy atom. The highest BCUT2D eigenvalue weighted by Gasteiger charge is 2.14. The minimum Gasteiger partial charge on any atom is -0.296 e. The van der Waals surface area contributed by atoms with E-state index >= 15 is 0 Å². The molecule has 0 saturated heterocycles. The van der Waals surface area contributed by atoms with E-state index in [9.17, 15) is 0 Å². The third-order valence-electron chi connectivity index (χ3n) is 4.53. The Kier molecular flexibility index (Phi) is 6.45. The molecule has 1 aliphatic rings. The Hall–Kier alpha value is -2.14. The highest BCUT2D eigenvalue weighted by molar-refractivity contribution is 6.30. The summed E-state index contributed by atoms with van der Waals surface area (Å²) in [5.74, 6) is 0. The Labute approximate surface area is 160 Å². The lowest BCUT2D eigenvalue weighted by atomic mass is 10.0. The molecular weight excluding hydrogens is 346 g/mol. The highest BCUT2D eigenvalue weighted by Crippen LogP contribution is 2.23. The van der Waals surface area contributed by atoms with Crippen LogP contribution in [0.4, 0.5) is 0 Å². The number of halogens is 1. The van der Waals surface area contributed by atoms with Crippen LogP contribution < -0.4 is 5.48 Å². The summed E-state index contributed by atoms with van der Waals surface area (Å²) in [5, 5.41) is 0.726. The summed E-state index contributed by atoms with van der Waals surface area (Å²) in [6, 6.07) is 11.8. The van der Waals surface area contributed by atoms with E-state index in [1.807, 2.05) is 36.5 Å². The van der Waals surface area contributed by atoms with Crippen molar-refractivity contribution in [2.75, 3.05) is 26.7 Å². The molecule has 2 heterocycles. The molecule has 1 aromatic carbocycles. The number of nitrogens with one attached hydrogen (secondary N) is 1. The summed E-state index contributed by atoms with van der Waals surface area (Å²) in [4.78, 5) is 12.1. The molecule has 0 amide bonds. The Morgan fingerprint density at radius 1 is 1.31 bits per heavy atom. The second-order valence-corrected chi connectivity index (χ2v) is 6.78. The molecule has 0 saturated carbocycles. The molecule has 0 radical (unpaired) electrons. The molecule has 4 nitrogen and oxygen atoms in total. The van der Waals surface area contributed by atoms with E-state index in [0.29, 0.717) is 0 Å². The summed E-state index contributed by atoms with van der Waals surface area (Å²) in [5.41, 5.74) is 8.67. The Balaban J connectivity index is 1.66. The van der Waals surface area contributed by atoms with Crippen molar-refractivity contribution in [2.24, 2.45) is 0 Å². The standard InChI is InChI=1S/C21H24ClN3O/c1-16-4-3-12-23-21(16)18-9-13-25(14-10-18)15-11-20(24-26-2)17-5-7-19(22)8-6-17/h3-9,11-12,24H,10,13-15H2,1-2H3. The summed E-state index contributed by atoms with van der Waals surface area (Å²) in [6.45, 7) is 4.90. The van der Waals surface area contributed by atoms with Crippen molar-refractivity contribution in [2.45, 2.75) is 13.3 Å². The number of pyridine rings is 1. The van der Waals surface area contributed by atoms with E-state index in [4.69, 9.17) is 16.4 Å². The van der Waals surface area contributed by atoms with Crippen molar-refractivity contribution in [3.05, 3.63) is 76.6 Å². The number of nitrogens with zero attached hydrogens (tertiary/aromatic N) is 2. The molecule has 0 fully saturated rings. The van der Waals surface area contributed by atoms with Crippen LogP contribution in [0.1, 0.15) is 23.2 Å². The number of benzene rings is 1. The van der Waals surface area contributed by atoms with Crippen molar-refractivity contribution < 1.29 is 4.84 Å². The van der Waals surface area contributed by atoms with Crippen LogP contribution in [0.3, 0.4) is 0 Å². The lowest BCUT2D eigenvalue weighted by molar-refractivity contribution is 0.136. The molecule has 0 unspecified atom stereocenters. The molecule has 2 aromatic rings. The van der Waals surface area contributed by atoms with Gasteiger partial charge in [-0.1, -0.05) is 35.9 Å². The van der Waals surface area contributed by atoms with Gasteiger partial charge in [-0.3, -0.25) is 20.2 Å². The molecule has 26 heavy (non-hydrogen) atoms. The molecule has 136 valence electrons. The predicted octanol–water partition coefficient (Wildman–Crippen LogP) is 4.32. The van der Waals surface area contributed by atoms with Gasteiger partial charge < -0.3 is 0 Å². The van der Waals surface area contributed by atoms with Crippen molar-refractivity contribution >= 4 is 22.9 Å². The summed E-state index contributed by atoms with van der Waals surface area (Å²) < 4.78 is 0. The minimum absolute atomic E-state index is 0.726. The average molecular weight is 370 g/mol. The second kappa shape index (κ2) is 8.99. The summed E-state index contributed by atoms with van der Waals surface area (Å²) >= 11 is 5.98. The number of hydrogen-bond acceptors (Lipinski definition) is 4. The van der Waals surface area contributed by atoms with Gasteiger partial charge in [0.25, 0.3) is 0 Å². The predicted molar refractivity (Wildman–Crippen MR) is 108 cm³/mol. The van der Waals surface area contributed by atoms with Gasteiger partial charge in [0.05, 0.1) is 18.5 Å². The molecule has 1 aliphatic heterocycles. The van der Waals surface area contributed by atoms with Crippen LogP contribution in [0, 0.1) is 6.92 Å². The zero-order valence-corrected chi connectivity index (χ0v) is 16.0. The first-order valence-electron chi connectivity index (χ1n) is 8.76. The maximum atomic E-state index is 5.98. The van der Waals surface area contributed by atoms with E-state index in [1.165, 1.54) is 11.1 Å². The topological polar surface area (TPSA) is 37.4 Å². The zero-order chi connectivity index (χ0) is 18.4. The second-order valence-electron chi connectivity index (χ2n) is 6.34. The van der Waals surface area contributed by atoms with Gasteiger partial charge in [-0.05, 0) is 54.3 Å². The first-order chi connectivity index (χ1) is 12.7. The van der Waals surface area contributed by atoms with Gasteiger partial charge in [0.2, 0.25) is 0 Å². The molecule has 1 aromatic heterocycles. The van der Waals surface area contributed by atoms with Crippen LogP contribution in [0.5, 0.6) is 0 Å². The fourth-order valence-corrected chi connectivity index (χ4v) is 3.22. The summed E-state index contributed by atoms with van der Waals surface area (Å²) in [6.07, 6.45) is 7.32. The smallest absolute Gasteiger partial charge is 0.0688 e. The van der Waals surface area contributed by atoms with Crippen LogP contribution in [0.15, 0.2) is 54.7 Å². The van der Waals surface area contributed by atoms with Crippen LogP contribution in [-0.2, 0) is 4.84 Å². The molecule has 0 atom stereocenters. The van der Waals surface area contributed by atoms with Gasteiger partial charge in [0, 0.05) is 30.9 Å². The quantitative estimate of drug-likeness (QED) is 0.769. The fourth-order valence-electron chi connectivity index (χ4n) is 3.09. The van der Waals surface area contributed by atoms with Gasteiger partial charge >= 0.3 is 0 Å². The van der Waals surface area contributed by atoms with Crippen molar-refractivity contribution in [1.82, 2.24) is 15.4 Å². The molecule has 0 spiro atoms. The largest absolute Gasteiger partial charge is 0.296 e. The van der Waals surface area contributed by atoms with Gasteiger partial charge in [0.15, 0.2) is 0 Å². The van der Waals surface area contributed by atoms with Gasteiger partial charge in [-0.2, -0.15) is 0 Å². The molecule has 5 heteroatoms. The molecule has 0 aliphatic carbocycles. The van der Waals surface area contributed by atoms with E-state index in [2.05, 4.69) is 40.5 Å². The third kappa shape index (κ3) is 4.73. The fraction of sp³-hybridized carbons (Fsp3) is 0.286. The molecular formula is C21H24ClN3O. The van der Waals surface area contributed by atoms with Crippen LogP contribution in [0.25, 0.3) is 11.3 Å². The minimum atomic E-state index is 0.726. The van der Waals surface area contributed by atoms with Crippen LogP contribution >= 0.6 is 11.6 Å². The van der Waals surface area contributed by atoms with Gasteiger partial charge in [-0.15, -0.1) is 0 Å². The van der Waals surface area contributed by atoms with Gasteiger partial charge in [-0.25, -0.2) is 0 Å². The number of hydroxylamine groups is 1. The van der Waals surface area contributed by atoms with Gasteiger partial charge in [0.1, 0.15) is 0 Å². The van der Waals surface area contributed by atoms with Crippen molar-refractivity contribution in [3.63, 3.8) is 0 Å². The first kappa shape index (κ1) is 18.6. The SMILES string of the molecule is CONC(=CCN1CC=C(c2ncccc2C)CC1)c1ccc(Cl)cc1. The van der Waals surface area contributed by atoms with E-state index < -0.39 is 0 Å². The number of aryl methyl sites for hydroxylation is 1. The lowest BCUT2D eigenvalue weighted by Crippen LogP contribution is -2.29. The average Bonchev–Trinajstić information content (AvgIpc) is 2.67. The number of hydrogen-bond donors (Lipinski definition) is 1. The van der Waals surface area contributed by atoms with Crippen LogP contribution in [0.2, 0.25) is 5.02 Å². The zero-order valence-electron chi connectivity index (χ0n) is 15.2. The maximum Gasteiger partial charge on any atom is 0.0688 e. The number of rotatable bonds is 6. The highest BCUT2D eigenvalue weighted by atomic mass is 35.5. The number of aromatic nitrogens is 1. The van der Waals surface area contributed by atoms with E-state index in [0.717, 1.165) is 48.0 Å². The lowest BCUT2D eigenvalue weighted by Gasteiger charge is -2.25. The molecule has 0 bridgehead atoms. The maximum absolute atomic E-state index is 5.98. The third-order valence-corrected chi connectivity index (χ3v) is 4.78. The molecule has 3 rings (SSSR count). The Bertz CT molecular complexity index is 799. The van der Waals surface area contributed by atoms with Crippen molar-refractivity contribution in [1.29, 1.82) is 0 Å². The Morgan fingerprint density at radius 3 is 2.77 bits per heavy atom. The summed E-state index contributed by atoms with van der Waals surface area (Å²) in [7, 11) is 1.62.